The highest BCUT2D eigenvalue weighted by molar-refractivity contribution is 5.73. The Morgan fingerprint density at radius 3 is 2.88 bits per heavy atom. The first kappa shape index (κ1) is 21.0. The number of fused-ring (bicyclic) bond motifs is 7. The zero-order chi connectivity index (χ0) is 23.2. The summed E-state index contributed by atoms with van der Waals surface area (Å²) in [5.74, 6) is 2.30. The van der Waals surface area contributed by atoms with Crippen LogP contribution in [0.5, 0.6) is 5.75 Å². The molecule has 1 unspecified atom stereocenters. The van der Waals surface area contributed by atoms with E-state index in [1.54, 1.807) is 24.0 Å². The Morgan fingerprint density at radius 2 is 2.03 bits per heavy atom. The van der Waals surface area contributed by atoms with Crippen LogP contribution in [0, 0.1) is 12.7 Å². The van der Waals surface area contributed by atoms with Gasteiger partial charge in [0.15, 0.2) is 17.4 Å². The Morgan fingerprint density at radius 1 is 1.12 bits per heavy atom. The molecule has 0 aliphatic carbocycles. The largest absolute Gasteiger partial charge is 0.488 e. The van der Waals surface area contributed by atoms with Crippen LogP contribution in [0.2, 0.25) is 0 Å². The highest BCUT2D eigenvalue weighted by Gasteiger charge is 2.29. The van der Waals surface area contributed by atoms with E-state index in [0.29, 0.717) is 41.3 Å². The molecule has 1 fully saturated rings. The molecule has 4 aromatic rings. The minimum Gasteiger partial charge on any atom is -0.488 e. The Bertz CT molecular complexity index is 1360. The predicted molar refractivity (Wildman–Crippen MR) is 126 cm³/mol. The smallest absolute Gasteiger partial charge is 0.165 e. The summed E-state index contributed by atoms with van der Waals surface area (Å²) in [4.78, 5) is 11.7. The van der Waals surface area contributed by atoms with Gasteiger partial charge in [-0.1, -0.05) is 0 Å². The average molecular weight is 463 g/mol. The number of hydrogen-bond acceptors (Lipinski definition) is 7. The van der Waals surface area contributed by atoms with Crippen molar-refractivity contribution >= 4 is 17.2 Å². The summed E-state index contributed by atoms with van der Waals surface area (Å²) >= 11 is 0. The zero-order valence-electron chi connectivity index (χ0n) is 19.3. The number of anilines is 2. The van der Waals surface area contributed by atoms with Crippen LogP contribution in [0.1, 0.15) is 30.8 Å². The van der Waals surface area contributed by atoms with Crippen molar-refractivity contribution in [2.45, 2.75) is 38.6 Å². The zero-order valence-corrected chi connectivity index (χ0v) is 19.3. The van der Waals surface area contributed by atoms with Crippen LogP contribution >= 0.6 is 0 Å². The number of rotatable bonds is 0. The van der Waals surface area contributed by atoms with E-state index in [1.165, 1.54) is 10.7 Å². The second-order valence-corrected chi connectivity index (χ2v) is 9.10. The normalized spacial score (nSPS) is 18.9. The average Bonchev–Trinajstić information content (AvgIpc) is 3.33. The quantitative estimate of drug-likeness (QED) is 0.428. The number of nitrogens with one attached hydrogen (secondary N) is 1. The molecule has 0 aromatic carbocycles. The number of aromatic nitrogens is 6. The molecule has 2 aliphatic heterocycles. The molecule has 5 bridgehead atoms. The molecule has 6 rings (SSSR count). The Labute approximate surface area is 196 Å². The van der Waals surface area contributed by atoms with Crippen LogP contribution in [0.4, 0.5) is 16.0 Å². The van der Waals surface area contributed by atoms with Gasteiger partial charge >= 0.3 is 0 Å². The van der Waals surface area contributed by atoms with Crippen molar-refractivity contribution in [1.29, 1.82) is 0 Å². The van der Waals surface area contributed by atoms with Crippen molar-refractivity contribution < 1.29 is 9.13 Å². The molecule has 1 atom stereocenters. The molecule has 34 heavy (non-hydrogen) atoms. The lowest BCUT2D eigenvalue weighted by molar-refractivity contribution is 0.0495. The van der Waals surface area contributed by atoms with Crippen molar-refractivity contribution in [2.75, 3.05) is 25.0 Å². The van der Waals surface area contributed by atoms with Crippen LogP contribution in [0.3, 0.4) is 0 Å². The van der Waals surface area contributed by atoms with Gasteiger partial charge in [-0.05, 0) is 38.8 Å². The third kappa shape index (κ3) is 3.87. The molecule has 0 radical (unpaired) electrons. The van der Waals surface area contributed by atoms with Crippen LogP contribution in [-0.4, -0.2) is 60.0 Å². The monoisotopic (exact) mass is 462 g/mol. The molecule has 1 N–H and O–H groups in total. The fourth-order valence-electron chi connectivity index (χ4n) is 4.78. The van der Waals surface area contributed by atoms with Crippen LogP contribution < -0.4 is 10.1 Å². The topological polar surface area (TPSA) is 85.4 Å². The van der Waals surface area contributed by atoms with Crippen LogP contribution in [0.15, 0.2) is 30.6 Å². The van der Waals surface area contributed by atoms with E-state index in [9.17, 15) is 0 Å². The van der Waals surface area contributed by atoms with E-state index in [4.69, 9.17) is 4.74 Å². The molecule has 4 aromatic heterocycles. The second-order valence-electron chi connectivity index (χ2n) is 9.10. The maximum atomic E-state index is 15.2. The van der Waals surface area contributed by atoms with E-state index >= 15 is 4.39 Å². The molecular weight excluding hydrogens is 435 g/mol. The predicted octanol–water partition coefficient (Wildman–Crippen LogP) is 3.51. The summed E-state index contributed by atoms with van der Waals surface area (Å²) in [6, 6.07) is 5.91. The number of ether oxygens (including phenoxy) is 1. The molecule has 0 spiro atoms. The standard InChI is InChI=1S/C24H27FN8O/c1-15-9-22-28-21(27-15)5-3-4-7-32-8-6-16(32)14-34-20-12-26-31(2)24(20)18-10-17-11-23(29-22)30-33(17)13-19(18)25/h9-13,16H,3-8,14H2,1-2H3,(H,27,28,29,30). The van der Waals surface area contributed by atoms with Crippen molar-refractivity contribution in [1.82, 2.24) is 34.3 Å². The third-order valence-electron chi connectivity index (χ3n) is 6.66. The van der Waals surface area contributed by atoms with Gasteiger partial charge in [-0.25, -0.2) is 18.9 Å². The number of aryl methyl sites for hydroxylation is 3. The van der Waals surface area contributed by atoms with E-state index in [0.717, 1.165) is 55.8 Å². The van der Waals surface area contributed by atoms with E-state index < -0.39 is 5.82 Å². The van der Waals surface area contributed by atoms with Crippen molar-refractivity contribution in [3.8, 4) is 17.0 Å². The molecular formula is C24H27FN8O. The Kier molecular flexibility index (Phi) is 5.17. The lowest BCUT2D eigenvalue weighted by Crippen LogP contribution is -2.51. The number of nitrogens with zero attached hydrogens (tertiary/aromatic N) is 7. The summed E-state index contributed by atoms with van der Waals surface area (Å²) in [5.41, 5.74) is 2.70. The van der Waals surface area contributed by atoms with Gasteiger partial charge < -0.3 is 10.1 Å². The number of pyridine rings is 1. The summed E-state index contributed by atoms with van der Waals surface area (Å²) in [6.07, 6.45) is 7.08. The van der Waals surface area contributed by atoms with Gasteiger partial charge in [0.25, 0.3) is 0 Å². The van der Waals surface area contributed by atoms with Crippen molar-refractivity contribution in [3.05, 3.63) is 47.9 Å². The summed E-state index contributed by atoms with van der Waals surface area (Å²) in [6.45, 7) is 4.63. The molecule has 0 amide bonds. The highest BCUT2D eigenvalue weighted by atomic mass is 19.1. The Balaban J connectivity index is 1.42. The first-order valence-electron chi connectivity index (χ1n) is 11.7. The maximum absolute atomic E-state index is 15.2. The summed E-state index contributed by atoms with van der Waals surface area (Å²) in [5, 5.41) is 12.1. The third-order valence-corrected chi connectivity index (χ3v) is 6.66. The van der Waals surface area contributed by atoms with E-state index in [-0.39, 0.29) is 0 Å². The summed E-state index contributed by atoms with van der Waals surface area (Å²) < 4.78 is 24.6. The van der Waals surface area contributed by atoms with Gasteiger partial charge in [0.05, 0.1) is 17.9 Å². The van der Waals surface area contributed by atoms with Gasteiger partial charge in [-0.15, -0.1) is 5.10 Å². The first-order chi connectivity index (χ1) is 16.5. The van der Waals surface area contributed by atoms with Crippen LogP contribution in [0.25, 0.3) is 16.8 Å². The first-order valence-corrected chi connectivity index (χ1v) is 11.7. The Hall–Kier alpha value is -3.53. The van der Waals surface area contributed by atoms with Crippen molar-refractivity contribution in [3.63, 3.8) is 0 Å². The lowest BCUT2D eigenvalue weighted by atomic mass is 10.0. The fraction of sp³-hybridized carbons (Fsp3) is 0.417. The SMILES string of the molecule is Cc1cc2nc(n1)CCCCN1CCC1COc1cnn(C)c1-c1cc3cc(nn3cc1F)N2. The molecule has 6 heterocycles. The molecule has 0 saturated carbocycles. The van der Waals surface area contributed by atoms with Gasteiger partial charge in [0.1, 0.15) is 23.9 Å². The van der Waals surface area contributed by atoms with Gasteiger partial charge in [0.2, 0.25) is 0 Å². The van der Waals surface area contributed by atoms with Gasteiger partial charge in [-0.2, -0.15) is 5.10 Å². The molecule has 2 aliphatic rings. The minimum atomic E-state index is -0.393. The number of hydrogen-bond donors (Lipinski definition) is 1. The molecule has 1 saturated heterocycles. The van der Waals surface area contributed by atoms with E-state index in [2.05, 4.69) is 30.4 Å². The minimum absolute atomic E-state index is 0.367. The second kappa shape index (κ2) is 8.35. The highest BCUT2D eigenvalue weighted by Crippen LogP contribution is 2.33. The molecule has 176 valence electrons. The maximum Gasteiger partial charge on any atom is 0.165 e. The number of halogens is 1. The molecule has 9 nitrogen and oxygen atoms in total. The lowest BCUT2D eigenvalue weighted by Gasteiger charge is -2.40. The van der Waals surface area contributed by atoms with Gasteiger partial charge in [-0.3, -0.25) is 9.58 Å². The molecule has 10 heteroatoms. The summed E-state index contributed by atoms with van der Waals surface area (Å²) in [7, 11) is 1.80. The van der Waals surface area contributed by atoms with Gasteiger partial charge in [0, 0.05) is 49.4 Å². The van der Waals surface area contributed by atoms with Crippen LogP contribution in [-0.2, 0) is 13.5 Å². The van der Waals surface area contributed by atoms with Crippen molar-refractivity contribution in [2.24, 2.45) is 7.05 Å². The van der Waals surface area contributed by atoms with E-state index in [1.807, 2.05) is 19.1 Å². The fourth-order valence-corrected chi connectivity index (χ4v) is 4.78.